The summed E-state index contributed by atoms with van der Waals surface area (Å²) in [6.45, 7) is 12.7. The molecule has 0 unspecified atom stereocenters. The number of rotatable bonds is 6. The molecule has 0 aliphatic carbocycles. The zero-order valence-corrected chi connectivity index (χ0v) is 13.2. The van der Waals surface area contributed by atoms with Crippen LogP contribution in [0, 0.1) is 0 Å². The molecule has 0 N–H and O–H groups in total. The second-order valence-corrected chi connectivity index (χ2v) is 11.7. The van der Waals surface area contributed by atoms with Crippen molar-refractivity contribution in [3.05, 3.63) is 0 Å². The normalized spacial score (nSPS) is 12.5. The van der Waals surface area contributed by atoms with Gasteiger partial charge >= 0.3 is 9.53 Å². The monoisotopic (exact) mass is 250 g/mol. The van der Waals surface area contributed by atoms with Crippen LogP contribution in [0.5, 0.6) is 0 Å². The smallest absolute Gasteiger partial charge is 0.414 e. The van der Waals surface area contributed by atoms with E-state index in [2.05, 4.69) is 39.3 Å². The van der Waals surface area contributed by atoms with Gasteiger partial charge in [-0.25, -0.2) is 0 Å². The van der Waals surface area contributed by atoms with Gasteiger partial charge in [0.2, 0.25) is 0 Å². The van der Waals surface area contributed by atoms with Crippen molar-refractivity contribution in [3.63, 3.8) is 0 Å². The molecule has 0 aromatic carbocycles. The van der Waals surface area contributed by atoms with Crippen molar-refractivity contribution < 1.29 is 12.3 Å². The highest BCUT2D eigenvalue weighted by molar-refractivity contribution is 6.69. The minimum absolute atomic E-state index is 0.696. The Morgan fingerprint density at radius 3 is 0.923 bits per heavy atom. The molecule has 4 radical (unpaired) electrons. The van der Waals surface area contributed by atoms with E-state index in [1.165, 1.54) is 0 Å². The Kier molecular flexibility index (Phi) is 7.50. The average molecular weight is 251 g/mol. The second kappa shape index (κ2) is 7.09. The zero-order chi connectivity index (χ0) is 10.4. The van der Waals surface area contributed by atoms with Crippen molar-refractivity contribution in [3.8, 4) is 0 Å². The van der Waals surface area contributed by atoms with Gasteiger partial charge < -0.3 is 12.3 Å². The molecule has 13 heavy (non-hydrogen) atoms. The molecular weight excluding hydrogens is 232 g/mol. The first kappa shape index (κ1) is 13.7. The number of hydrogen-bond acceptors (Lipinski definition) is 3. The van der Waals surface area contributed by atoms with E-state index in [1.54, 1.807) is 0 Å². The van der Waals surface area contributed by atoms with E-state index >= 15 is 0 Å². The zero-order valence-electron chi connectivity index (χ0n) is 9.22. The van der Waals surface area contributed by atoms with Crippen molar-refractivity contribution in [2.45, 2.75) is 39.3 Å². The molecule has 0 saturated carbocycles. The van der Waals surface area contributed by atoms with E-state index in [0.29, 0.717) is 0 Å². The number of hydrogen-bond donors (Lipinski definition) is 0. The molecule has 0 bridgehead atoms. The quantitative estimate of drug-likeness (QED) is 0.673. The van der Waals surface area contributed by atoms with Gasteiger partial charge in [0, 0.05) is 0 Å². The maximum absolute atomic E-state index is 5.68. The SMILES string of the molecule is C[Si](C)O[Si](O[Si](C)C)O[Si](C)C. The summed E-state index contributed by atoms with van der Waals surface area (Å²) < 4.78 is 17.0. The molecule has 0 aromatic rings. The van der Waals surface area contributed by atoms with Crippen LogP contribution in [0.15, 0.2) is 0 Å². The third kappa shape index (κ3) is 9.06. The van der Waals surface area contributed by atoms with Crippen LogP contribution >= 0.6 is 0 Å². The Morgan fingerprint density at radius 2 is 0.769 bits per heavy atom. The summed E-state index contributed by atoms with van der Waals surface area (Å²) >= 11 is 0. The maximum atomic E-state index is 5.68. The van der Waals surface area contributed by atoms with Crippen LogP contribution in [-0.2, 0) is 12.3 Å². The molecule has 0 rings (SSSR count). The minimum atomic E-state index is -1.41. The molecule has 0 aliphatic heterocycles. The Labute approximate surface area is 88.6 Å². The summed E-state index contributed by atoms with van der Waals surface area (Å²) in [7, 11) is -3.49. The molecule has 0 atom stereocenters. The lowest BCUT2D eigenvalue weighted by atomic mass is 11.9. The van der Waals surface area contributed by atoms with Gasteiger partial charge in [-0.1, -0.05) is 0 Å². The Morgan fingerprint density at radius 1 is 0.538 bits per heavy atom. The molecule has 0 fully saturated rings. The van der Waals surface area contributed by atoms with E-state index in [-0.39, 0.29) is 0 Å². The van der Waals surface area contributed by atoms with Crippen molar-refractivity contribution in [2.75, 3.05) is 0 Å². The van der Waals surface area contributed by atoms with Gasteiger partial charge in [0.05, 0.1) is 0 Å². The fraction of sp³-hybridized carbons (Fsp3) is 1.00. The predicted octanol–water partition coefficient (Wildman–Crippen LogP) is 1.77. The predicted molar refractivity (Wildman–Crippen MR) is 61.5 cm³/mol. The van der Waals surface area contributed by atoms with Crippen molar-refractivity contribution >= 4 is 36.6 Å². The fourth-order valence-electron chi connectivity index (χ4n) is 0.563. The van der Waals surface area contributed by atoms with E-state index in [4.69, 9.17) is 12.3 Å². The molecule has 0 saturated heterocycles. The van der Waals surface area contributed by atoms with Crippen LogP contribution in [0.25, 0.3) is 0 Å². The van der Waals surface area contributed by atoms with Crippen LogP contribution in [0.3, 0.4) is 0 Å². The van der Waals surface area contributed by atoms with Gasteiger partial charge in [-0.15, -0.1) is 0 Å². The summed E-state index contributed by atoms with van der Waals surface area (Å²) in [6, 6.07) is 0. The summed E-state index contributed by atoms with van der Waals surface area (Å²) in [5.74, 6) is 0. The second-order valence-electron chi connectivity index (χ2n) is 3.28. The first-order chi connectivity index (χ1) is 5.91. The van der Waals surface area contributed by atoms with Gasteiger partial charge in [0.1, 0.15) is 0 Å². The van der Waals surface area contributed by atoms with Gasteiger partial charge in [0.25, 0.3) is 0 Å². The summed E-state index contributed by atoms with van der Waals surface area (Å²) in [6.07, 6.45) is 0. The highest BCUT2D eigenvalue weighted by atomic mass is 28.5. The van der Waals surface area contributed by atoms with E-state index < -0.39 is 36.6 Å². The van der Waals surface area contributed by atoms with Gasteiger partial charge in [-0.2, -0.15) is 0 Å². The summed E-state index contributed by atoms with van der Waals surface area (Å²) in [5, 5.41) is 0. The largest absolute Gasteiger partial charge is 0.543 e. The molecule has 0 aromatic heterocycles. The molecule has 76 valence electrons. The Balaban J connectivity index is 3.87. The van der Waals surface area contributed by atoms with Gasteiger partial charge in [-0.05, 0) is 39.3 Å². The van der Waals surface area contributed by atoms with Crippen LogP contribution in [0.4, 0.5) is 0 Å². The highest BCUT2D eigenvalue weighted by Crippen LogP contribution is 2.00. The topological polar surface area (TPSA) is 27.7 Å². The molecule has 0 heterocycles. The van der Waals surface area contributed by atoms with E-state index in [1.807, 2.05) is 0 Å². The summed E-state index contributed by atoms with van der Waals surface area (Å²) in [5.41, 5.74) is 0. The molecule has 7 heteroatoms. The van der Waals surface area contributed by atoms with Crippen LogP contribution in [0.1, 0.15) is 0 Å². The van der Waals surface area contributed by atoms with E-state index in [9.17, 15) is 0 Å². The van der Waals surface area contributed by atoms with Crippen molar-refractivity contribution in [2.24, 2.45) is 0 Å². The lowest BCUT2D eigenvalue weighted by Crippen LogP contribution is -2.38. The lowest BCUT2D eigenvalue weighted by Gasteiger charge is -2.19. The highest BCUT2D eigenvalue weighted by Gasteiger charge is 2.24. The Hall–Kier alpha value is 0.748. The van der Waals surface area contributed by atoms with Crippen LogP contribution in [0.2, 0.25) is 39.3 Å². The lowest BCUT2D eigenvalue weighted by molar-refractivity contribution is 0.318. The standard InChI is InChI=1S/C6H18O3Si4/c1-10(2)7-13(8-11(3)4)9-12(5)6/h1-6H3. The minimum Gasteiger partial charge on any atom is -0.414 e. The van der Waals surface area contributed by atoms with Crippen LogP contribution < -0.4 is 0 Å². The molecule has 0 aliphatic rings. The summed E-state index contributed by atoms with van der Waals surface area (Å²) in [4.78, 5) is 0. The van der Waals surface area contributed by atoms with Crippen molar-refractivity contribution in [1.29, 1.82) is 0 Å². The molecule has 0 amide bonds. The van der Waals surface area contributed by atoms with Gasteiger partial charge in [-0.3, -0.25) is 0 Å². The van der Waals surface area contributed by atoms with E-state index in [0.717, 1.165) is 0 Å². The average Bonchev–Trinajstić information content (AvgIpc) is 1.80. The fourth-order valence-corrected chi connectivity index (χ4v) is 6.19. The third-order valence-electron chi connectivity index (χ3n) is 0.862. The molecule has 0 spiro atoms. The molecular formula is C6H18O3Si4. The van der Waals surface area contributed by atoms with Crippen molar-refractivity contribution in [1.82, 2.24) is 0 Å². The Bertz CT molecular complexity index is 107. The molecule has 3 nitrogen and oxygen atoms in total. The maximum Gasteiger partial charge on any atom is 0.543 e. The van der Waals surface area contributed by atoms with Crippen LogP contribution in [-0.4, -0.2) is 36.6 Å². The first-order valence-corrected chi connectivity index (χ1v) is 12.7. The third-order valence-corrected chi connectivity index (χ3v) is 7.76. The van der Waals surface area contributed by atoms with Gasteiger partial charge in [0.15, 0.2) is 27.1 Å². The first-order valence-electron chi connectivity index (χ1n) is 4.22.